The monoisotopic (exact) mass is 381 g/mol. The van der Waals surface area contributed by atoms with Gasteiger partial charge in [-0.05, 0) is 31.4 Å². The van der Waals surface area contributed by atoms with E-state index in [0.717, 1.165) is 31.6 Å². The SMILES string of the molecule is Cn1nc(N2CCCCC2CNc2nc3cnccc3c(=O)n2C)ccc1=O. The van der Waals surface area contributed by atoms with Crippen LogP contribution in [0.2, 0.25) is 0 Å². The standard InChI is InChI=1S/C19H23N7O2/c1-24-18(28)14-8-9-20-12-15(14)22-19(24)21-11-13-5-3-4-10-26(13)16-6-7-17(27)25(2)23-16/h6-9,12-13H,3-5,10-11H2,1-2H3,(H,21,22). The summed E-state index contributed by atoms with van der Waals surface area (Å²) >= 11 is 0. The number of aromatic nitrogens is 5. The zero-order chi connectivity index (χ0) is 19.7. The van der Waals surface area contributed by atoms with Crippen molar-refractivity contribution in [2.45, 2.75) is 25.3 Å². The molecule has 1 aliphatic heterocycles. The van der Waals surface area contributed by atoms with Crippen LogP contribution < -0.4 is 21.3 Å². The van der Waals surface area contributed by atoms with Crippen LogP contribution in [0, 0.1) is 0 Å². The molecule has 3 aromatic rings. The molecule has 0 saturated carbocycles. The van der Waals surface area contributed by atoms with E-state index in [9.17, 15) is 9.59 Å². The molecule has 3 aromatic heterocycles. The summed E-state index contributed by atoms with van der Waals surface area (Å²) < 4.78 is 2.88. The first-order chi connectivity index (χ1) is 13.5. The minimum Gasteiger partial charge on any atom is -0.353 e. The molecule has 1 aliphatic rings. The van der Waals surface area contributed by atoms with Crippen LogP contribution in [0.15, 0.2) is 40.2 Å². The first-order valence-electron chi connectivity index (χ1n) is 9.40. The van der Waals surface area contributed by atoms with Crippen molar-refractivity contribution in [2.75, 3.05) is 23.3 Å². The lowest BCUT2D eigenvalue weighted by Crippen LogP contribution is -2.45. The van der Waals surface area contributed by atoms with Crippen molar-refractivity contribution in [1.82, 2.24) is 24.3 Å². The predicted octanol–water partition coefficient (Wildman–Crippen LogP) is 0.893. The van der Waals surface area contributed by atoms with Crippen molar-refractivity contribution in [3.63, 3.8) is 0 Å². The fraction of sp³-hybridized carbons (Fsp3) is 0.421. The summed E-state index contributed by atoms with van der Waals surface area (Å²) in [5.41, 5.74) is 0.350. The molecule has 0 bridgehead atoms. The highest BCUT2D eigenvalue weighted by molar-refractivity contribution is 5.77. The summed E-state index contributed by atoms with van der Waals surface area (Å²) in [7, 11) is 3.37. The van der Waals surface area contributed by atoms with E-state index >= 15 is 0 Å². The average Bonchev–Trinajstić information content (AvgIpc) is 2.72. The minimum atomic E-state index is -0.126. The fourth-order valence-electron chi connectivity index (χ4n) is 3.65. The molecule has 146 valence electrons. The molecule has 0 aliphatic carbocycles. The van der Waals surface area contributed by atoms with E-state index in [1.807, 2.05) is 0 Å². The molecule has 0 amide bonds. The van der Waals surface area contributed by atoms with Crippen molar-refractivity contribution in [3.8, 4) is 0 Å². The van der Waals surface area contributed by atoms with Crippen LogP contribution in [-0.4, -0.2) is 43.4 Å². The molecule has 9 heteroatoms. The van der Waals surface area contributed by atoms with E-state index in [2.05, 4.69) is 25.3 Å². The van der Waals surface area contributed by atoms with Crippen molar-refractivity contribution >= 4 is 22.7 Å². The fourth-order valence-corrected chi connectivity index (χ4v) is 3.65. The number of nitrogens with one attached hydrogen (secondary N) is 1. The molecule has 28 heavy (non-hydrogen) atoms. The lowest BCUT2D eigenvalue weighted by molar-refractivity contribution is 0.463. The van der Waals surface area contributed by atoms with E-state index in [0.29, 0.717) is 23.4 Å². The number of pyridine rings is 1. The molecule has 1 N–H and O–H groups in total. The number of nitrogens with zero attached hydrogens (tertiary/aromatic N) is 6. The molecule has 1 fully saturated rings. The second-order valence-electron chi connectivity index (χ2n) is 7.07. The van der Waals surface area contributed by atoms with Gasteiger partial charge in [0.15, 0.2) is 0 Å². The first-order valence-corrected chi connectivity index (χ1v) is 9.40. The second-order valence-corrected chi connectivity index (χ2v) is 7.07. The number of rotatable bonds is 4. The Hall–Kier alpha value is -3.23. The molecule has 1 saturated heterocycles. The van der Waals surface area contributed by atoms with Gasteiger partial charge in [-0.15, -0.1) is 0 Å². The zero-order valence-corrected chi connectivity index (χ0v) is 16.0. The van der Waals surface area contributed by atoms with Gasteiger partial charge in [0.2, 0.25) is 5.95 Å². The summed E-state index contributed by atoms with van der Waals surface area (Å²) in [6, 6.07) is 5.20. The Morgan fingerprint density at radius 2 is 2.04 bits per heavy atom. The number of aryl methyl sites for hydroxylation is 1. The maximum Gasteiger partial charge on any atom is 0.266 e. The zero-order valence-electron chi connectivity index (χ0n) is 16.0. The van der Waals surface area contributed by atoms with Gasteiger partial charge in [0.1, 0.15) is 5.82 Å². The Balaban J connectivity index is 1.58. The van der Waals surface area contributed by atoms with Crippen LogP contribution in [-0.2, 0) is 14.1 Å². The lowest BCUT2D eigenvalue weighted by atomic mass is 10.0. The molecular weight excluding hydrogens is 358 g/mol. The summed E-state index contributed by atoms with van der Waals surface area (Å²) in [5.74, 6) is 1.31. The molecule has 0 radical (unpaired) electrons. The van der Waals surface area contributed by atoms with E-state index < -0.39 is 0 Å². The smallest absolute Gasteiger partial charge is 0.266 e. The van der Waals surface area contributed by atoms with Crippen molar-refractivity contribution in [1.29, 1.82) is 0 Å². The molecule has 0 aromatic carbocycles. The van der Waals surface area contributed by atoms with Gasteiger partial charge in [-0.3, -0.25) is 19.1 Å². The highest BCUT2D eigenvalue weighted by Gasteiger charge is 2.24. The number of hydrogen-bond acceptors (Lipinski definition) is 7. The Labute approximate surface area is 161 Å². The molecule has 1 unspecified atom stereocenters. The predicted molar refractivity (Wildman–Crippen MR) is 108 cm³/mol. The third-order valence-corrected chi connectivity index (χ3v) is 5.24. The number of hydrogen-bond donors (Lipinski definition) is 1. The maximum atomic E-state index is 12.6. The van der Waals surface area contributed by atoms with Crippen molar-refractivity contribution in [2.24, 2.45) is 14.1 Å². The summed E-state index contributed by atoms with van der Waals surface area (Å²) in [4.78, 5) is 35.0. The van der Waals surface area contributed by atoms with Gasteiger partial charge in [0, 0.05) is 45.5 Å². The molecular formula is C19H23N7O2. The van der Waals surface area contributed by atoms with Gasteiger partial charge < -0.3 is 10.2 Å². The van der Waals surface area contributed by atoms with Gasteiger partial charge in [0.05, 0.1) is 17.1 Å². The quantitative estimate of drug-likeness (QED) is 0.717. The van der Waals surface area contributed by atoms with Crippen LogP contribution in [0.3, 0.4) is 0 Å². The Kier molecular flexibility index (Phi) is 4.81. The number of anilines is 2. The van der Waals surface area contributed by atoms with Gasteiger partial charge in [-0.2, -0.15) is 5.10 Å². The molecule has 0 spiro atoms. The molecule has 4 heterocycles. The van der Waals surface area contributed by atoms with Gasteiger partial charge in [0.25, 0.3) is 11.1 Å². The summed E-state index contributed by atoms with van der Waals surface area (Å²) in [5, 5.41) is 8.28. The normalized spacial score (nSPS) is 17.1. The van der Waals surface area contributed by atoms with E-state index in [4.69, 9.17) is 0 Å². The lowest BCUT2D eigenvalue weighted by Gasteiger charge is -2.36. The Morgan fingerprint density at radius 3 is 2.86 bits per heavy atom. The van der Waals surface area contributed by atoms with Gasteiger partial charge in [-0.25, -0.2) is 9.67 Å². The van der Waals surface area contributed by atoms with Crippen LogP contribution in [0.25, 0.3) is 10.9 Å². The largest absolute Gasteiger partial charge is 0.353 e. The third-order valence-electron chi connectivity index (χ3n) is 5.24. The van der Waals surface area contributed by atoms with Crippen LogP contribution in [0.1, 0.15) is 19.3 Å². The van der Waals surface area contributed by atoms with Crippen molar-refractivity contribution < 1.29 is 0 Å². The third kappa shape index (κ3) is 3.35. The van der Waals surface area contributed by atoms with Crippen LogP contribution in [0.4, 0.5) is 11.8 Å². The summed E-state index contributed by atoms with van der Waals surface area (Å²) in [6.07, 6.45) is 6.41. The number of fused-ring (bicyclic) bond motifs is 1. The van der Waals surface area contributed by atoms with E-state index in [1.54, 1.807) is 44.7 Å². The maximum absolute atomic E-state index is 12.6. The first kappa shape index (κ1) is 18.1. The minimum absolute atomic E-state index is 0.102. The summed E-state index contributed by atoms with van der Waals surface area (Å²) in [6.45, 7) is 1.50. The topological polar surface area (TPSA) is 97.9 Å². The van der Waals surface area contributed by atoms with E-state index in [1.165, 1.54) is 9.25 Å². The van der Waals surface area contributed by atoms with Crippen LogP contribution >= 0.6 is 0 Å². The molecule has 1 atom stereocenters. The van der Waals surface area contributed by atoms with Gasteiger partial charge >= 0.3 is 0 Å². The highest BCUT2D eigenvalue weighted by Crippen LogP contribution is 2.22. The average molecular weight is 381 g/mol. The Bertz CT molecular complexity index is 1120. The van der Waals surface area contributed by atoms with Crippen molar-refractivity contribution in [3.05, 3.63) is 51.3 Å². The Morgan fingerprint density at radius 1 is 1.18 bits per heavy atom. The number of piperidine rings is 1. The van der Waals surface area contributed by atoms with Crippen LogP contribution in [0.5, 0.6) is 0 Å². The van der Waals surface area contributed by atoms with E-state index in [-0.39, 0.29) is 17.2 Å². The highest BCUT2D eigenvalue weighted by atomic mass is 16.1. The van der Waals surface area contributed by atoms with Gasteiger partial charge in [-0.1, -0.05) is 0 Å². The molecule has 4 rings (SSSR count). The molecule has 9 nitrogen and oxygen atoms in total. The second kappa shape index (κ2) is 7.41.